The van der Waals surface area contributed by atoms with Crippen LogP contribution in [0, 0.1) is 0 Å². The van der Waals surface area contributed by atoms with Crippen LogP contribution in [0.15, 0.2) is 55.1 Å². The molecule has 3 heterocycles. The predicted octanol–water partition coefficient (Wildman–Crippen LogP) is 3.58. The molecule has 0 saturated carbocycles. The number of carbonyl (C=O) groups excluding carboxylic acids is 2. The summed E-state index contributed by atoms with van der Waals surface area (Å²) in [6, 6.07) is 6.87. The van der Waals surface area contributed by atoms with Crippen molar-refractivity contribution in [2.75, 3.05) is 11.9 Å². The summed E-state index contributed by atoms with van der Waals surface area (Å²) in [7, 11) is 1.81. The summed E-state index contributed by atoms with van der Waals surface area (Å²) in [4.78, 5) is 28.9. The Hall–Kier alpha value is -3.95. The van der Waals surface area contributed by atoms with Crippen LogP contribution >= 0.6 is 0 Å². The van der Waals surface area contributed by atoms with Crippen molar-refractivity contribution in [3.05, 3.63) is 71.8 Å². The average molecular weight is 455 g/mol. The summed E-state index contributed by atoms with van der Waals surface area (Å²) < 4.78 is 40.0. The highest BCUT2D eigenvalue weighted by Gasteiger charge is 2.43. The van der Waals surface area contributed by atoms with Gasteiger partial charge in [-0.25, -0.2) is 0 Å². The Balaban J connectivity index is 1.46. The number of alkyl halides is 3. The molecule has 0 radical (unpaired) electrons. The van der Waals surface area contributed by atoms with Crippen molar-refractivity contribution in [3.63, 3.8) is 0 Å². The second-order valence-electron chi connectivity index (χ2n) is 7.65. The predicted molar refractivity (Wildman–Crippen MR) is 116 cm³/mol. The third-order valence-electron chi connectivity index (χ3n) is 5.30. The van der Waals surface area contributed by atoms with E-state index >= 15 is 0 Å². The third-order valence-corrected chi connectivity index (χ3v) is 5.30. The Morgan fingerprint density at radius 3 is 2.70 bits per heavy atom. The summed E-state index contributed by atoms with van der Waals surface area (Å²) in [5.74, 6) is -2.26. The van der Waals surface area contributed by atoms with Crippen molar-refractivity contribution in [2.24, 2.45) is 7.05 Å². The number of amides is 2. The lowest BCUT2D eigenvalue weighted by atomic mass is 9.99. The molecule has 2 amide bonds. The Morgan fingerprint density at radius 2 is 1.97 bits per heavy atom. The fourth-order valence-electron chi connectivity index (χ4n) is 3.70. The zero-order valence-corrected chi connectivity index (χ0v) is 17.6. The number of nitrogens with zero attached hydrogens (tertiary/aromatic N) is 4. The van der Waals surface area contributed by atoms with Gasteiger partial charge < -0.3 is 10.2 Å². The van der Waals surface area contributed by atoms with Gasteiger partial charge >= 0.3 is 12.1 Å². The highest BCUT2D eigenvalue weighted by atomic mass is 19.4. The third kappa shape index (κ3) is 5.11. The van der Waals surface area contributed by atoms with Gasteiger partial charge in [0.15, 0.2) is 0 Å². The largest absolute Gasteiger partial charge is 0.471 e. The number of hydrogen-bond acceptors (Lipinski definition) is 4. The van der Waals surface area contributed by atoms with Gasteiger partial charge in [-0.05, 0) is 47.4 Å². The molecule has 0 aliphatic carbocycles. The maximum absolute atomic E-state index is 12.8. The number of hydrogen-bond donors (Lipinski definition) is 1. The second kappa shape index (κ2) is 8.89. The molecule has 0 spiro atoms. The lowest BCUT2D eigenvalue weighted by molar-refractivity contribution is -0.186. The number of aryl methyl sites for hydroxylation is 1. The summed E-state index contributed by atoms with van der Waals surface area (Å²) >= 11 is 0. The van der Waals surface area contributed by atoms with Crippen LogP contribution in [0.4, 0.5) is 18.9 Å². The first-order valence-electron chi connectivity index (χ1n) is 10.1. The summed E-state index contributed by atoms with van der Waals surface area (Å²) in [6.07, 6.45) is 5.26. The molecule has 0 saturated heterocycles. The van der Waals surface area contributed by atoms with E-state index in [1.807, 2.05) is 19.3 Å². The number of carbonyl (C=O) groups is 2. The molecule has 3 aromatic rings. The molecule has 1 aromatic carbocycles. The summed E-state index contributed by atoms with van der Waals surface area (Å²) in [6.45, 7) is -0.151. The van der Waals surface area contributed by atoms with Crippen LogP contribution in [0.1, 0.15) is 16.7 Å². The number of nitrogens with one attached hydrogen (secondary N) is 1. The maximum atomic E-state index is 12.8. The van der Waals surface area contributed by atoms with Gasteiger partial charge in [-0.3, -0.25) is 19.3 Å². The first-order chi connectivity index (χ1) is 15.7. The van der Waals surface area contributed by atoms with Crippen molar-refractivity contribution in [1.82, 2.24) is 19.7 Å². The molecule has 10 heteroatoms. The Kier molecular flexibility index (Phi) is 5.99. The van der Waals surface area contributed by atoms with Crippen LogP contribution in [0.5, 0.6) is 0 Å². The molecule has 170 valence electrons. The molecule has 0 atom stereocenters. The molecule has 33 heavy (non-hydrogen) atoms. The minimum absolute atomic E-state index is 0.00413. The Labute approximate surface area is 187 Å². The quantitative estimate of drug-likeness (QED) is 0.610. The fraction of sp³-hybridized carbons (Fsp3) is 0.217. The summed E-state index contributed by atoms with van der Waals surface area (Å²) in [5.41, 5.74) is 4.34. The van der Waals surface area contributed by atoms with E-state index in [-0.39, 0.29) is 13.1 Å². The topological polar surface area (TPSA) is 80.1 Å². The van der Waals surface area contributed by atoms with Crippen molar-refractivity contribution < 1.29 is 22.8 Å². The molecular formula is C23H20F3N5O2. The number of anilines is 1. The van der Waals surface area contributed by atoms with E-state index in [2.05, 4.69) is 15.4 Å². The molecule has 0 fully saturated rings. The number of pyridine rings is 1. The molecular weight excluding hydrogens is 435 g/mol. The standard InChI is InChI=1S/C23H20F3N5O2/c1-30-13-18(12-28-30)20-6-8-27-11-16(20)3-5-21(32)29-19-4-2-15-7-9-31(14-17(15)10-19)22(33)23(24,25)26/h2-6,8,10-13H,7,9,14H2,1H3,(H,29,32)/b5-3+. The van der Waals surface area contributed by atoms with Crippen LogP contribution in [0.25, 0.3) is 17.2 Å². The van der Waals surface area contributed by atoms with E-state index in [1.54, 1.807) is 47.5 Å². The highest BCUT2D eigenvalue weighted by Crippen LogP contribution is 2.27. The minimum atomic E-state index is -4.91. The molecule has 0 unspecified atom stereocenters. The van der Waals surface area contributed by atoms with Crippen molar-refractivity contribution in [2.45, 2.75) is 19.1 Å². The van der Waals surface area contributed by atoms with E-state index in [9.17, 15) is 22.8 Å². The first kappa shape index (κ1) is 22.3. The smallest absolute Gasteiger partial charge is 0.330 e. The molecule has 4 rings (SSSR count). The van der Waals surface area contributed by atoms with Gasteiger partial charge in [0.2, 0.25) is 5.91 Å². The van der Waals surface area contributed by atoms with E-state index in [4.69, 9.17) is 0 Å². The number of aromatic nitrogens is 3. The zero-order valence-electron chi connectivity index (χ0n) is 17.6. The molecule has 1 aliphatic heterocycles. The van der Waals surface area contributed by atoms with Gasteiger partial charge in [-0.1, -0.05) is 6.07 Å². The normalized spacial score (nSPS) is 13.8. The van der Waals surface area contributed by atoms with E-state index in [0.29, 0.717) is 17.7 Å². The van der Waals surface area contributed by atoms with E-state index in [1.165, 1.54) is 6.08 Å². The molecule has 2 aromatic heterocycles. The van der Waals surface area contributed by atoms with E-state index < -0.39 is 18.0 Å². The van der Waals surface area contributed by atoms with Crippen molar-refractivity contribution in [1.29, 1.82) is 0 Å². The van der Waals surface area contributed by atoms with Crippen LogP contribution in [0.3, 0.4) is 0 Å². The maximum Gasteiger partial charge on any atom is 0.471 e. The number of halogens is 3. The van der Waals surface area contributed by atoms with Crippen molar-refractivity contribution in [3.8, 4) is 11.1 Å². The molecule has 1 N–H and O–H groups in total. The Bertz CT molecular complexity index is 1230. The van der Waals surface area contributed by atoms with Crippen LogP contribution in [0.2, 0.25) is 0 Å². The monoisotopic (exact) mass is 455 g/mol. The van der Waals surface area contributed by atoms with Gasteiger partial charge in [0.05, 0.1) is 6.20 Å². The number of rotatable bonds is 4. The van der Waals surface area contributed by atoms with Crippen LogP contribution in [-0.2, 0) is 29.6 Å². The molecule has 0 bridgehead atoms. The summed E-state index contributed by atoms with van der Waals surface area (Å²) in [5, 5.41) is 6.87. The average Bonchev–Trinajstić information content (AvgIpc) is 3.22. The van der Waals surface area contributed by atoms with Gasteiger partial charge in [-0.15, -0.1) is 0 Å². The van der Waals surface area contributed by atoms with Gasteiger partial charge in [0, 0.05) is 61.6 Å². The van der Waals surface area contributed by atoms with Crippen LogP contribution < -0.4 is 5.32 Å². The van der Waals surface area contributed by atoms with Gasteiger partial charge in [0.1, 0.15) is 0 Å². The SMILES string of the molecule is Cn1cc(-c2ccncc2/C=C/C(=O)Nc2ccc3c(c2)CN(C(=O)C(F)(F)F)CC3)cn1. The van der Waals surface area contributed by atoms with Crippen LogP contribution in [-0.4, -0.2) is 44.2 Å². The number of fused-ring (bicyclic) bond motifs is 1. The molecule has 7 nitrogen and oxygen atoms in total. The minimum Gasteiger partial charge on any atom is -0.330 e. The molecule has 1 aliphatic rings. The highest BCUT2D eigenvalue weighted by molar-refractivity contribution is 6.02. The number of benzene rings is 1. The van der Waals surface area contributed by atoms with Gasteiger partial charge in [0.25, 0.3) is 0 Å². The fourth-order valence-corrected chi connectivity index (χ4v) is 3.70. The Morgan fingerprint density at radius 1 is 1.15 bits per heavy atom. The second-order valence-corrected chi connectivity index (χ2v) is 7.65. The van der Waals surface area contributed by atoms with Gasteiger partial charge in [-0.2, -0.15) is 18.3 Å². The zero-order chi connectivity index (χ0) is 23.6. The van der Waals surface area contributed by atoms with E-state index in [0.717, 1.165) is 27.2 Å². The first-order valence-corrected chi connectivity index (χ1v) is 10.1. The lowest BCUT2D eigenvalue weighted by Gasteiger charge is -2.29. The lowest BCUT2D eigenvalue weighted by Crippen LogP contribution is -2.43. The van der Waals surface area contributed by atoms with Crippen molar-refractivity contribution >= 4 is 23.6 Å².